The molecule has 2 aromatic rings. The van der Waals surface area contributed by atoms with Crippen LogP contribution in [0.1, 0.15) is 50.3 Å². The molecular formula is C21H17N5O4S2. The highest BCUT2D eigenvalue weighted by Crippen LogP contribution is 2.40. The lowest BCUT2D eigenvalue weighted by Crippen LogP contribution is -2.33. The number of carbonyl (C=O) groups excluding carboxylic acids is 4. The Morgan fingerprint density at radius 1 is 0.812 bits per heavy atom. The zero-order valence-corrected chi connectivity index (χ0v) is 19.0. The summed E-state index contributed by atoms with van der Waals surface area (Å²) in [6.45, 7) is 4.79. The molecule has 2 fully saturated rings. The fourth-order valence-electron chi connectivity index (χ4n) is 4.34. The summed E-state index contributed by atoms with van der Waals surface area (Å²) in [5, 5.41) is 1.39. The number of rotatable bonds is 4. The van der Waals surface area contributed by atoms with Gasteiger partial charge in [-0.3, -0.25) is 24.1 Å². The summed E-state index contributed by atoms with van der Waals surface area (Å²) in [4.78, 5) is 65.7. The van der Waals surface area contributed by atoms with Gasteiger partial charge >= 0.3 is 0 Å². The van der Waals surface area contributed by atoms with Crippen LogP contribution >= 0.6 is 22.7 Å². The number of fused-ring (bicyclic) bond motifs is 2. The van der Waals surface area contributed by atoms with Crippen molar-refractivity contribution in [2.45, 2.75) is 26.2 Å². The van der Waals surface area contributed by atoms with Crippen molar-refractivity contribution in [3.8, 4) is 0 Å². The third-order valence-corrected chi connectivity index (χ3v) is 8.02. The minimum Gasteiger partial charge on any atom is -0.347 e. The molecule has 4 heterocycles. The summed E-state index contributed by atoms with van der Waals surface area (Å²) in [5.41, 5.74) is 1.27. The van der Waals surface area contributed by atoms with Gasteiger partial charge in [-0.05, 0) is 20.9 Å². The lowest BCUT2D eigenvalue weighted by Gasteiger charge is -2.20. The maximum absolute atomic E-state index is 12.9. The molecule has 0 spiro atoms. The van der Waals surface area contributed by atoms with E-state index in [2.05, 4.69) is 14.9 Å². The molecule has 9 nitrogen and oxygen atoms in total. The smallest absolute Gasteiger partial charge is 0.221 e. The number of aromatic nitrogens is 2. The lowest BCUT2D eigenvalue weighted by atomic mass is 10.0. The van der Waals surface area contributed by atoms with Crippen LogP contribution in [0.2, 0.25) is 0 Å². The van der Waals surface area contributed by atoms with Gasteiger partial charge in [-0.25, -0.2) is 9.97 Å². The van der Waals surface area contributed by atoms with E-state index in [4.69, 9.17) is 0 Å². The molecule has 32 heavy (non-hydrogen) atoms. The topological polar surface area (TPSA) is 103 Å². The van der Waals surface area contributed by atoms with E-state index in [0.717, 1.165) is 0 Å². The van der Waals surface area contributed by atoms with E-state index in [1.54, 1.807) is 13.8 Å². The molecule has 162 valence electrons. The summed E-state index contributed by atoms with van der Waals surface area (Å²) in [6.07, 6.45) is 2.64. The summed E-state index contributed by atoms with van der Waals surface area (Å²) in [5.74, 6) is -0.824. The first-order chi connectivity index (χ1) is 15.2. The molecule has 0 N–H and O–H groups in total. The van der Waals surface area contributed by atoms with E-state index in [1.165, 1.54) is 34.8 Å². The molecule has 0 aromatic carbocycles. The molecule has 4 aliphatic rings. The molecule has 2 atom stereocenters. The number of ketones is 4. The lowest BCUT2D eigenvalue weighted by molar-refractivity contribution is 0.0957. The van der Waals surface area contributed by atoms with Crippen LogP contribution in [-0.4, -0.2) is 80.3 Å². The molecule has 0 saturated carbocycles. The van der Waals surface area contributed by atoms with E-state index in [9.17, 15) is 19.2 Å². The number of Topliss-reactive ketones (excluding diaryl/α,β-unsaturated/α-hetero) is 2. The predicted molar refractivity (Wildman–Crippen MR) is 116 cm³/mol. The molecular weight excluding hydrogens is 450 g/mol. The molecule has 2 aliphatic carbocycles. The highest BCUT2D eigenvalue weighted by molar-refractivity contribution is 7.14. The number of hydrogen-bond donors (Lipinski definition) is 0. The van der Waals surface area contributed by atoms with Gasteiger partial charge in [0.25, 0.3) is 0 Å². The summed E-state index contributed by atoms with van der Waals surface area (Å²) in [7, 11) is 1.92. The molecule has 2 aromatic heterocycles. The standard InChI is InChI=1S/C21H17N5O4S2/c1-8-22-16-12(27)4-10(18(29)20(16)31-8)25-6-14(25)24(3)15-7-26(15)11-5-13(28)17-21(19(11)30)32-9(2)23-17/h4-5,14-15H,6-7H2,1-3H3. The average molecular weight is 468 g/mol. The number of aryl methyl sites for hydroxylation is 2. The third-order valence-electron chi connectivity index (χ3n) is 6.08. The van der Waals surface area contributed by atoms with Gasteiger partial charge in [0.1, 0.15) is 33.5 Å². The normalized spacial score (nSPS) is 24.0. The first-order valence-electron chi connectivity index (χ1n) is 10.1. The van der Waals surface area contributed by atoms with Crippen LogP contribution in [-0.2, 0) is 0 Å². The van der Waals surface area contributed by atoms with E-state index in [0.29, 0.717) is 44.3 Å². The van der Waals surface area contributed by atoms with Crippen molar-refractivity contribution in [2.75, 3.05) is 20.1 Å². The van der Waals surface area contributed by atoms with E-state index in [1.807, 2.05) is 16.8 Å². The Balaban J connectivity index is 1.17. The van der Waals surface area contributed by atoms with Gasteiger partial charge in [0.05, 0.1) is 34.5 Å². The highest BCUT2D eigenvalue weighted by atomic mass is 32.1. The average Bonchev–Trinajstić information content (AvgIpc) is 3.63. The Hall–Kier alpha value is -3.02. The minimum atomic E-state index is -0.243. The summed E-state index contributed by atoms with van der Waals surface area (Å²) < 4.78 is 0. The van der Waals surface area contributed by atoms with Crippen LogP contribution in [0.4, 0.5) is 0 Å². The van der Waals surface area contributed by atoms with Crippen molar-refractivity contribution in [2.24, 2.45) is 0 Å². The molecule has 0 bridgehead atoms. The van der Waals surface area contributed by atoms with E-state index in [-0.39, 0.29) is 46.9 Å². The fraction of sp³-hybridized carbons (Fsp3) is 0.333. The first-order valence-corrected chi connectivity index (χ1v) is 11.7. The molecule has 2 saturated heterocycles. The maximum Gasteiger partial charge on any atom is 0.221 e. The maximum atomic E-state index is 12.9. The van der Waals surface area contributed by atoms with Gasteiger partial charge in [-0.2, -0.15) is 0 Å². The van der Waals surface area contributed by atoms with Crippen LogP contribution in [0.3, 0.4) is 0 Å². The van der Waals surface area contributed by atoms with Crippen molar-refractivity contribution in [3.05, 3.63) is 54.7 Å². The number of likely N-dealkylation sites (N-methyl/N-ethyl adjacent to an activating group) is 1. The van der Waals surface area contributed by atoms with E-state index >= 15 is 0 Å². The quantitative estimate of drug-likeness (QED) is 0.621. The predicted octanol–water partition coefficient (Wildman–Crippen LogP) is 1.66. The van der Waals surface area contributed by atoms with Gasteiger partial charge in [-0.1, -0.05) is 0 Å². The second-order valence-corrected chi connectivity index (χ2v) is 10.6. The Morgan fingerprint density at radius 3 is 1.62 bits per heavy atom. The third kappa shape index (κ3) is 2.78. The van der Waals surface area contributed by atoms with Gasteiger partial charge in [0.15, 0.2) is 0 Å². The monoisotopic (exact) mass is 467 g/mol. The largest absolute Gasteiger partial charge is 0.347 e. The summed E-state index contributed by atoms with van der Waals surface area (Å²) in [6, 6.07) is 0. The molecule has 0 amide bonds. The SMILES string of the molecule is Cc1nc2c(s1)C(=O)C(N1CC1N(C)C1CN1C1=CC(=O)c3nc(C)sc3C1=O)=CC2=O. The minimum absolute atomic E-state index is 0.0558. The molecule has 0 radical (unpaired) electrons. The Morgan fingerprint density at radius 2 is 1.22 bits per heavy atom. The van der Waals surface area contributed by atoms with Gasteiger partial charge in [-0.15, -0.1) is 22.7 Å². The second kappa shape index (κ2) is 6.50. The zero-order valence-electron chi connectivity index (χ0n) is 17.4. The Bertz CT molecular complexity index is 1240. The number of thiazole rings is 2. The van der Waals surface area contributed by atoms with Gasteiger partial charge < -0.3 is 9.80 Å². The Labute approximate surface area is 190 Å². The number of nitrogens with zero attached hydrogens (tertiary/aromatic N) is 5. The van der Waals surface area contributed by atoms with Crippen molar-refractivity contribution >= 4 is 45.8 Å². The van der Waals surface area contributed by atoms with Crippen molar-refractivity contribution < 1.29 is 19.2 Å². The zero-order chi connectivity index (χ0) is 22.5. The molecule has 11 heteroatoms. The second-order valence-electron chi connectivity index (χ2n) is 8.20. The van der Waals surface area contributed by atoms with E-state index < -0.39 is 0 Å². The van der Waals surface area contributed by atoms with Gasteiger partial charge in [0.2, 0.25) is 23.1 Å². The molecule has 2 aliphatic heterocycles. The van der Waals surface area contributed by atoms with Crippen LogP contribution in [0, 0.1) is 13.8 Å². The van der Waals surface area contributed by atoms with Gasteiger partial charge in [0, 0.05) is 12.2 Å². The van der Waals surface area contributed by atoms with Crippen LogP contribution in [0.15, 0.2) is 23.5 Å². The number of allylic oxidation sites excluding steroid dienone is 4. The van der Waals surface area contributed by atoms with Crippen LogP contribution < -0.4 is 0 Å². The molecule has 2 unspecified atom stereocenters. The van der Waals surface area contributed by atoms with Crippen LogP contribution in [0.25, 0.3) is 0 Å². The van der Waals surface area contributed by atoms with Crippen LogP contribution in [0.5, 0.6) is 0 Å². The number of carbonyl (C=O) groups is 4. The fourth-order valence-corrected chi connectivity index (χ4v) is 6.09. The van der Waals surface area contributed by atoms with Crippen molar-refractivity contribution in [1.82, 2.24) is 24.7 Å². The number of hydrogen-bond acceptors (Lipinski definition) is 11. The van der Waals surface area contributed by atoms with Crippen molar-refractivity contribution in [3.63, 3.8) is 0 Å². The Kier molecular flexibility index (Phi) is 3.99. The van der Waals surface area contributed by atoms with Crippen molar-refractivity contribution in [1.29, 1.82) is 0 Å². The summed E-state index contributed by atoms with van der Waals surface area (Å²) >= 11 is 2.49. The highest BCUT2D eigenvalue weighted by Gasteiger charge is 2.52. The first kappa shape index (κ1) is 19.6. The molecule has 6 rings (SSSR count).